The third kappa shape index (κ3) is 5.07. The van der Waals surface area contributed by atoms with E-state index in [-0.39, 0.29) is 21.7 Å². The molecule has 162 valence electrons. The molecule has 2 heterocycles. The van der Waals surface area contributed by atoms with Crippen LogP contribution in [-0.4, -0.2) is 41.9 Å². The second-order valence-corrected chi connectivity index (χ2v) is 10.9. The third-order valence-corrected chi connectivity index (χ3v) is 8.39. The van der Waals surface area contributed by atoms with Gasteiger partial charge in [0.1, 0.15) is 5.01 Å². The standard InChI is InChI=1S/C20H18Cl2N4O3S2/c21-14-3-7-16(8-4-14)23-18(27)20-25-24-19(30-20)13-2-1-11-26(12-13)31(28,29)17-9-5-15(22)6-10-17/h3-10,13H,1-2,11-12H2,(H,23,27)/t13-/m1/s1. The van der Waals surface area contributed by atoms with E-state index in [4.69, 9.17) is 23.2 Å². The smallest absolute Gasteiger partial charge is 0.286 e. The van der Waals surface area contributed by atoms with E-state index in [1.807, 2.05) is 0 Å². The number of piperidine rings is 1. The van der Waals surface area contributed by atoms with E-state index in [2.05, 4.69) is 15.5 Å². The minimum Gasteiger partial charge on any atom is -0.320 e. The Kier molecular flexibility index (Phi) is 6.59. The van der Waals surface area contributed by atoms with Gasteiger partial charge in [-0.3, -0.25) is 4.79 Å². The predicted octanol–water partition coefficient (Wildman–Crippen LogP) is 4.67. The molecule has 4 rings (SSSR count). The van der Waals surface area contributed by atoms with E-state index in [0.29, 0.717) is 40.3 Å². The monoisotopic (exact) mass is 496 g/mol. The summed E-state index contributed by atoms with van der Waals surface area (Å²) in [5, 5.41) is 12.9. The van der Waals surface area contributed by atoms with E-state index in [0.717, 1.165) is 6.42 Å². The zero-order valence-corrected chi connectivity index (χ0v) is 19.3. The molecule has 1 aromatic heterocycles. The molecule has 0 radical (unpaired) electrons. The summed E-state index contributed by atoms with van der Waals surface area (Å²) >= 11 is 12.9. The third-order valence-electron chi connectivity index (χ3n) is 4.92. The largest absolute Gasteiger partial charge is 0.320 e. The Morgan fingerprint density at radius 3 is 2.35 bits per heavy atom. The Morgan fingerprint density at radius 2 is 1.68 bits per heavy atom. The summed E-state index contributed by atoms with van der Waals surface area (Å²) in [6, 6.07) is 12.9. The average molecular weight is 497 g/mol. The van der Waals surface area contributed by atoms with Gasteiger partial charge in [0.15, 0.2) is 0 Å². The number of sulfonamides is 1. The Morgan fingerprint density at radius 1 is 1.03 bits per heavy atom. The van der Waals surface area contributed by atoms with Crippen LogP contribution in [0.4, 0.5) is 5.69 Å². The number of nitrogens with zero attached hydrogens (tertiary/aromatic N) is 3. The van der Waals surface area contributed by atoms with E-state index < -0.39 is 10.0 Å². The fourth-order valence-electron chi connectivity index (χ4n) is 3.33. The molecule has 1 fully saturated rings. The van der Waals surface area contributed by atoms with Crippen molar-refractivity contribution in [1.29, 1.82) is 0 Å². The molecular formula is C20H18Cl2N4O3S2. The molecule has 1 N–H and O–H groups in total. The van der Waals surface area contributed by atoms with Gasteiger partial charge in [-0.15, -0.1) is 10.2 Å². The molecule has 1 amide bonds. The molecule has 1 aliphatic rings. The summed E-state index contributed by atoms with van der Waals surface area (Å²) < 4.78 is 27.4. The van der Waals surface area contributed by atoms with Gasteiger partial charge in [-0.2, -0.15) is 4.31 Å². The quantitative estimate of drug-likeness (QED) is 0.554. The summed E-state index contributed by atoms with van der Waals surface area (Å²) in [6.07, 6.45) is 1.48. The molecule has 1 aliphatic heterocycles. The van der Waals surface area contributed by atoms with Crippen molar-refractivity contribution in [3.63, 3.8) is 0 Å². The molecule has 0 unspecified atom stereocenters. The lowest BCUT2D eigenvalue weighted by Gasteiger charge is -2.30. The average Bonchev–Trinajstić information content (AvgIpc) is 3.26. The van der Waals surface area contributed by atoms with E-state index in [1.165, 1.54) is 27.8 Å². The van der Waals surface area contributed by atoms with Crippen LogP contribution in [-0.2, 0) is 10.0 Å². The lowest BCUT2D eigenvalue weighted by Crippen LogP contribution is -2.39. The van der Waals surface area contributed by atoms with Crippen molar-refractivity contribution in [2.75, 3.05) is 18.4 Å². The van der Waals surface area contributed by atoms with Gasteiger partial charge in [0.05, 0.1) is 4.90 Å². The predicted molar refractivity (Wildman–Crippen MR) is 122 cm³/mol. The van der Waals surface area contributed by atoms with Crippen molar-refractivity contribution in [3.05, 3.63) is 68.6 Å². The lowest BCUT2D eigenvalue weighted by molar-refractivity contribution is 0.102. The highest BCUT2D eigenvalue weighted by atomic mass is 35.5. The molecule has 0 bridgehead atoms. The number of aromatic nitrogens is 2. The molecule has 0 aliphatic carbocycles. The number of hydrogen-bond acceptors (Lipinski definition) is 6. The molecule has 7 nitrogen and oxygen atoms in total. The minimum atomic E-state index is -3.63. The number of benzene rings is 2. The molecule has 0 saturated carbocycles. The Labute approximate surface area is 194 Å². The maximum Gasteiger partial charge on any atom is 0.286 e. The maximum atomic E-state index is 13.0. The fourth-order valence-corrected chi connectivity index (χ4v) is 5.97. The molecule has 2 aromatic carbocycles. The maximum absolute atomic E-state index is 13.0. The molecule has 0 spiro atoms. The van der Waals surface area contributed by atoms with Crippen LogP contribution in [0.1, 0.15) is 33.6 Å². The number of carbonyl (C=O) groups excluding carboxylic acids is 1. The highest BCUT2D eigenvalue weighted by molar-refractivity contribution is 7.89. The van der Waals surface area contributed by atoms with Gasteiger partial charge in [0, 0.05) is 34.7 Å². The number of hydrogen-bond donors (Lipinski definition) is 1. The number of amides is 1. The summed E-state index contributed by atoms with van der Waals surface area (Å²) in [5.41, 5.74) is 0.601. The van der Waals surface area contributed by atoms with Crippen LogP contribution in [0, 0.1) is 0 Å². The summed E-state index contributed by atoms with van der Waals surface area (Å²) in [6.45, 7) is 0.725. The summed E-state index contributed by atoms with van der Waals surface area (Å²) in [4.78, 5) is 12.7. The Hall–Kier alpha value is -2.04. The van der Waals surface area contributed by atoms with Gasteiger partial charge in [0.2, 0.25) is 15.0 Å². The van der Waals surface area contributed by atoms with Crippen LogP contribution in [0.15, 0.2) is 53.4 Å². The zero-order valence-electron chi connectivity index (χ0n) is 16.2. The van der Waals surface area contributed by atoms with Gasteiger partial charge < -0.3 is 5.32 Å². The molecular weight excluding hydrogens is 479 g/mol. The van der Waals surface area contributed by atoms with Crippen LogP contribution in [0.5, 0.6) is 0 Å². The Bertz CT molecular complexity index is 1180. The van der Waals surface area contributed by atoms with Crippen molar-refractivity contribution < 1.29 is 13.2 Å². The van der Waals surface area contributed by atoms with Crippen molar-refractivity contribution in [2.24, 2.45) is 0 Å². The first kappa shape index (κ1) is 22.2. The molecule has 3 aromatic rings. The van der Waals surface area contributed by atoms with E-state index >= 15 is 0 Å². The first-order chi connectivity index (χ1) is 14.8. The zero-order chi connectivity index (χ0) is 22.0. The molecule has 11 heteroatoms. The van der Waals surface area contributed by atoms with Crippen molar-refractivity contribution in [2.45, 2.75) is 23.7 Å². The van der Waals surface area contributed by atoms with Gasteiger partial charge >= 0.3 is 0 Å². The fraction of sp³-hybridized carbons (Fsp3) is 0.250. The van der Waals surface area contributed by atoms with E-state index in [9.17, 15) is 13.2 Å². The highest BCUT2D eigenvalue weighted by Crippen LogP contribution is 2.32. The second-order valence-electron chi connectivity index (χ2n) is 7.06. The van der Waals surface area contributed by atoms with Crippen LogP contribution in [0.2, 0.25) is 10.0 Å². The molecule has 31 heavy (non-hydrogen) atoms. The first-order valence-corrected chi connectivity index (χ1v) is 12.5. The molecule has 1 atom stereocenters. The van der Waals surface area contributed by atoms with Crippen molar-refractivity contribution in [3.8, 4) is 0 Å². The van der Waals surface area contributed by atoms with Crippen molar-refractivity contribution >= 4 is 56.2 Å². The number of nitrogens with one attached hydrogen (secondary N) is 1. The highest BCUT2D eigenvalue weighted by Gasteiger charge is 2.32. The topological polar surface area (TPSA) is 92.3 Å². The second kappa shape index (κ2) is 9.22. The van der Waals surface area contributed by atoms with Crippen LogP contribution < -0.4 is 5.32 Å². The number of halogens is 2. The van der Waals surface area contributed by atoms with Gasteiger partial charge in [-0.05, 0) is 61.4 Å². The van der Waals surface area contributed by atoms with Crippen LogP contribution >= 0.6 is 34.5 Å². The van der Waals surface area contributed by atoms with Gasteiger partial charge in [0.25, 0.3) is 5.91 Å². The number of carbonyl (C=O) groups is 1. The van der Waals surface area contributed by atoms with Gasteiger partial charge in [-0.1, -0.05) is 34.5 Å². The van der Waals surface area contributed by atoms with Crippen LogP contribution in [0.3, 0.4) is 0 Å². The molecule has 1 saturated heterocycles. The first-order valence-electron chi connectivity index (χ1n) is 9.49. The van der Waals surface area contributed by atoms with Crippen molar-refractivity contribution in [1.82, 2.24) is 14.5 Å². The van der Waals surface area contributed by atoms with E-state index in [1.54, 1.807) is 36.4 Å². The number of anilines is 1. The van der Waals surface area contributed by atoms with Crippen LogP contribution in [0.25, 0.3) is 0 Å². The summed E-state index contributed by atoms with van der Waals surface area (Å²) in [7, 11) is -3.63. The van der Waals surface area contributed by atoms with Gasteiger partial charge in [-0.25, -0.2) is 8.42 Å². The number of rotatable bonds is 5. The summed E-state index contributed by atoms with van der Waals surface area (Å²) in [5.74, 6) is -0.488. The lowest BCUT2D eigenvalue weighted by atomic mass is 10.0. The minimum absolute atomic E-state index is 0.120. The normalized spacial score (nSPS) is 17.4. The Balaban J connectivity index is 1.46. The SMILES string of the molecule is O=C(Nc1ccc(Cl)cc1)c1nnc([C@@H]2CCCN(S(=O)(=O)c3ccc(Cl)cc3)C2)s1.